The van der Waals surface area contributed by atoms with Crippen LogP contribution in [-0.4, -0.2) is 5.91 Å². The molecule has 92 valence electrons. The summed E-state index contributed by atoms with van der Waals surface area (Å²) in [5, 5.41) is 4.58. The highest BCUT2D eigenvalue weighted by molar-refractivity contribution is 7.10. The molecule has 0 aliphatic rings. The minimum Gasteiger partial charge on any atom is -0.348 e. The lowest BCUT2D eigenvalue weighted by Gasteiger charge is -2.03. The van der Waals surface area contributed by atoms with E-state index in [4.69, 9.17) is 0 Å². The molecule has 0 aliphatic heterocycles. The number of halogens is 1. The zero-order valence-electron chi connectivity index (χ0n) is 9.60. The molecule has 1 N–H and O–H groups in total. The van der Waals surface area contributed by atoms with Gasteiger partial charge in [-0.3, -0.25) is 4.79 Å². The van der Waals surface area contributed by atoms with Gasteiger partial charge in [0.2, 0.25) is 5.91 Å². The van der Waals surface area contributed by atoms with Crippen LogP contribution in [0.3, 0.4) is 0 Å². The maximum Gasteiger partial charge on any atom is 0.244 e. The van der Waals surface area contributed by atoms with Gasteiger partial charge in [0.15, 0.2) is 0 Å². The van der Waals surface area contributed by atoms with Gasteiger partial charge in [0.1, 0.15) is 5.82 Å². The van der Waals surface area contributed by atoms with Crippen molar-refractivity contribution in [2.75, 3.05) is 0 Å². The van der Waals surface area contributed by atoms with Gasteiger partial charge in [-0.2, -0.15) is 0 Å². The van der Waals surface area contributed by atoms with E-state index in [0.717, 1.165) is 4.88 Å². The quantitative estimate of drug-likeness (QED) is 0.841. The number of nitrogens with one attached hydrogen (secondary N) is 1. The largest absolute Gasteiger partial charge is 0.348 e. The second kappa shape index (κ2) is 6.12. The van der Waals surface area contributed by atoms with Crippen LogP contribution >= 0.6 is 11.3 Å². The highest BCUT2D eigenvalue weighted by Gasteiger charge is 2.01. The second-order valence-electron chi connectivity index (χ2n) is 3.66. The number of benzene rings is 1. The summed E-state index contributed by atoms with van der Waals surface area (Å²) in [5.74, 6) is -0.535. The monoisotopic (exact) mass is 261 g/mol. The molecule has 0 saturated carbocycles. The van der Waals surface area contributed by atoms with E-state index in [2.05, 4.69) is 5.32 Å². The summed E-state index contributed by atoms with van der Waals surface area (Å²) in [5.41, 5.74) is 0.482. The molecule has 0 unspecified atom stereocenters. The maximum absolute atomic E-state index is 13.3. The standard InChI is InChI=1S/C14H12FNOS/c15-13-6-2-1-4-11(13)10-16-14(17)8-7-12-5-3-9-18-12/h1-9H,10H2,(H,16,17). The third-order valence-electron chi connectivity index (χ3n) is 2.35. The Morgan fingerprint density at radius 1 is 1.28 bits per heavy atom. The van der Waals surface area contributed by atoms with Gasteiger partial charge in [-0.25, -0.2) is 4.39 Å². The molecule has 1 heterocycles. The Morgan fingerprint density at radius 2 is 2.11 bits per heavy atom. The summed E-state index contributed by atoms with van der Waals surface area (Å²) in [6, 6.07) is 10.2. The maximum atomic E-state index is 13.3. The van der Waals surface area contributed by atoms with Gasteiger partial charge in [0, 0.05) is 23.1 Å². The third-order valence-corrected chi connectivity index (χ3v) is 3.19. The molecule has 1 aromatic heterocycles. The number of hydrogen-bond acceptors (Lipinski definition) is 2. The number of carbonyl (C=O) groups is 1. The second-order valence-corrected chi connectivity index (χ2v) is 4.64. The molecular weight excluding hydrogens is 249 g/mol. The topological polar surface area (TPSA) is 29.1 Å². The fourth-order valence-electron chi connectivity index (χ4n) is 1.43. The van der Waals surface area contributed by atoms with Crippen LogP contribution in [0.1, 0.15) is 10.4 Å². The first-order valence-corrected chi connectivity index (χ1v) is 6.36. The lowest BCUT2D eigenvalue weighted by molar-refractivity contribution is -0.116. The average molecular weight is 261 g/mol. The first kappa shape index (κ1) is 12.5. The molecule has 1 amide bonds. The van der Waals surface area contributed by atoms with Gasteiger partial charge < -0.3 is 5.32 Å². The Labute approximate surface area is 109 Å². The zero-order chi connectivity index (χ0) is 12.8. The molecule has 0 atom stereocenters. The molecule has 0 aliphatic carbocycles. The summed E-state index contributed by atoms with van der Waals surface area (Å²) in [7, 11) is 0. The fraction of sp³-hybridized carbons (Fsp3) is 0.0714. The van der Waals surface area contributed by atoms with E-state index in [1.165, 1.54) is 12.1 Å². The lowest BCUT2D eigenvalue weighted by Crippen LogP contribution is -2.20. The van der Waals surface area contributed by atoms with E-state index in [-0.39, 0.29) is 18.3 Å². The van der Waals surface area contributed by atoms with E-state index < -0.39 is 0 Å². The first-order valence-electron chi connectivity index (χ1n) is 5.48. The van der Waals surface area contributed by atoms with Gasteiger partial charge in [0.25, 0.3) is 0 Å². The molecule has 0 saturated heterocycles. The fourth-order valence-corrected chi connectivity index (χ4v) is 2.04. The van der Waals surface area contributed by atoms with Crippen molar-refractivity contribution in [2.24, 2.45) is 0 Å². The van der Waals surface area contributed by atoms with Crippen molar-refractivity contribution < 1.29 is 9.18 Å². The van der Waals surface area contributed by atoms with E-state index in [1.54, 1.807) is 35.6 Å². The summed E-state index contributed by atoms with van der Waals surface area (Å²) >= 11 is 1.56. The molecule has 2 aromatic rings. The van der Waals surface area contributed by atoms with Crippen LogP contribution in [-0.2, 0) is 11.3 Å². The zero-order valence-corrected chi connectivity index (χ0v) is 10.4. The van der Waals surface area contributed by atoms with Crippen molar-refractivity contribution in [1.29, 1.82) is 0 Å². The number of carbonyl (C=O) groups excluding carboxylic acids is 1. The number of rotatable bonds is 4. The van der Waals surface area contributed by atoms with Crippen LogP contribution < -0.4 is 5.32 Å². The Kier molecular flexibility index (Phi) is 4.25. The van der Waals surface area contributed by atoms with Crippen LogP contribution in [0.2, 0.25) is 0 Å². The molecule has 2 rings (SSSR count). The van der Waals surface area contributed by atoms with Crippen molar-refractivity contribution in [3.8, 4) is 0 Å². The Bertz CT molecular complexity index is 549. The van der Waals surface area contributed by atoms with Crippen molar-refractivity contribution in [3.63, 3.8) is 0 Å². The molecular formula is C14H12FNOS. The molecule has 2 nitrogen and oxygen atoms in total. The van der Waals surface area contributed by atoms with Crippen LogP contribution in [0.15, 0.2) is 47.9 Å². The average Bonchev–Trinajstić information content (AvgIpc) is 2.88. The van der Waals surface area contributed by atoms with Crippen LogP contribution in [0, 0.1) is 5.82 Å². The third kappa shape index (κ3) is 3.53. The Balaban J connectivity index is 1.87. The number of amides is 1. The first-order chi connectivity index (χ1) is 8.75. The SMILES string of the molecule is O=C(C=Cc1cccs1)NCc1ccccc1F. The highest BCUT2D eigenvalue weighted by atomic mass is 32.1. The van der Waals surface area contributed by atoms with Crippen LogP contribution in [0.25, 0.3) is 6.08 Å². The van der Waals surface area contributed by atoms with Gasteiger partial charge in [0.05, 0.1) is 0 Å². The predicted octanol–water partition coefficient (Wildman–Crippen LogP) is 3.22. The predicted molar refractivity (Wildman–Crippen MR) is 71.6 cm³/mol. The van der Waals surface area contributed by atoms with Crippen LogP contribution in [0.5, 0.6) is 0 Å². The van der Waals surface area contributed by atoms with Gasteiger partial charge in [-0.15, -0.1) is 11.3 Å². The van der Waals surface area contributed by atoms with Crippen molar-refractivity contribution in [3.05, 3.63) is 64.1 Å². The molecule has 18 heavy (non-hydrogen) atoms. The van der Waals surface area contributed by atoms with Crippen LogP contribution in [0.4, 0.5) is 4.39 Å². The van der Waals surface area contributed by atoms with Gasteiger partial charge in [-0.05, 0) is 23.6 Å². The molecule has 1 aromatic carbocycles. The van der Waals surface area contributed by atoms with E-state index >= 15 is 0 Å². The molecule has 0 radical (unpaired) electrons. The number of thiophene rings is 1. The molecule has 0 spiro atoms. The molecule has 4 heteroatoms. The minimum absolute atomic E-state index is 0.195. The van der Waals surface area contributed by atoms with Crippen molar-refractivity contribution in [2.45, 2.75) is 6.54 Å². The van der Waals surface area contributed by atoms with Crippen molar-refractivity contribution >= 4 is 23.3 Å². The Hall–Kier alpha value is -1.94. The Morgan fingerprint density at radius 3 is 2.83 bits per heavy atom. The van der Waals surface area contributed by atoms with Crippen molar-refractivity contribution in [1.82, 2.24) is 5.32 Å². The molecule has 0 fully saturated rings. The van der Waals surface area contributed by atoms with Gasteiger partial charge in [-0.1, -0.05) is 24.3 Å². The van der Waals surface area contributed by atoms with E-state index in [0.29, 0.717) is 5.56 Å². The highest BCUT2D eigenvalue weighted by Crippen LogP contribution is 2.10. The molecule has 0 bridgehead atoms. The summed E-state index contributed by atoms with van der Waals surface area (Å²) in [6.45, 7) is 0.195. The van der Waals surface area contributed by atoms with Gasteiger partial charge >= 0.3 is 0 Å². The summed E-state index contributed by atoms with van der Waals surface area (Å²) < 4.78 is 13.3. The number of hydrogen-bond donors (Lipinski definition) is 1. The summed E-state index contributed by atoms with van der Waals surface area (Å²) in [4.78, 5) is 12.5. The van der Waals surface area contributed by atoms with E-state index in [9.17, 15) is 9.18 Å². The smallest absolute Gasteiger partial charge is 0.244 e. The lowest BCUT2D eigenvalue weighted by atomic mass is 10.2. The normalized spacial score (nSPS) is 10.7. The summed E-state index contributed by atoms with van der Waals surface area (Å²) in [6.07, 6.45) is 3.19. The van der Waals surface area contributed by atoms with E-state index in [1.807, 2.05) is 17.5 Å². The minimum atomic E-state index is -0.306.